The van der Waals surface area contributed by atoms with Crippen molar-refractivity contribution in [2.75, 3.05) is 5.32 Å². The van der Waals surface area contributed by atoms with Crippen molar-refractivity contribution in [3.8, 4) is 11.5 Å². The summed E-state index contributed by atoms with van der Waals surface area (Å²) >= 11 is 0. The Hall–Kier alpha value is -1.82. The minimum Gasteiger partial charge on any atom is -0.457 e. The summed E-state index contributed by atoms with van der Waals surface area (Å²) in [7, 11) is 0. The third-order valence-corrected chi connectivity index (χ3v) is 5.29. The highest BCUT2D eigenvalue weighted by atomic mass is 35.5. The van der Waals surface area contributed by atoms with Crippen LogP contribution in [-0.4, -0.2) is 16.9 Å². The molecule has 0 saturated heterocycles. The summed E-state index contributed by atoms with van der Waals surface area (Å²) in [6.45, 7) is 0. The number of pyridine rings is 1. The number of ether oxygens (including phenoxy) is 1. The van der Waals surface area contributed by atoms with Crippen LogP contribution in [0.3, 0.4) is 0 Å². The summed E-state index contributed by atoms with van der Waals surface area (Å²) in [5.74, 6) is 2.45. The van der Waals surface area contributed by atoms with Gasteiger partial charge in [0.25, 0.3) is 0 Å². The van der Waals surface area contributed by atoms with Crippen molar-refractivity contribution >= 4 is 36.4 Å². The predicted molar refractivity (Wildman–Crippen MR) is 106 cm³/mol. The van der Waals surface area contributed by atoms with Gasteiger partial charge in [0.15, 0.2) is 0 Å². The van der Waals surface area contributed by atoms with Crippen LogP contribution in [0.15, 0.2) is 48.8 Å². The van der Waals surface area contributed by atoms with Gasteiger partial charge in [-0.3, -0.25) is 9.78 Å². The number of hydrogen-bond donors (Lipinski definition) is 2. The van der Waals surface area contributed by atoms with Gasteiger partial charge in [-0.05, 0) is 67.5 Å². The lowest BCUT2D eigenvalue weighted by molar-refractivity contribution is -0.121. The molecule has 4 atom stereocenters. The normalized spacial score (nSPS) is 25.7. The van der Waals surface area contributed by atoms with Gasteiger partial charge in [0.1, 0.15) is 11.5 Å². The number of aromatic nitrogens is 1. The van der Waals surface area contributed by atoms with E-state index in [9.17, 15) is 4.79 Å². The number of nitrogens with two attached hydrogens (primary N) is 1. The Morgan fingerprint density at radius 1 is 1.00 bits per heavy atom. The van der Waals surface area contributed by atoms with Crippen molar-refractivity contribution in [2.45, 2.75) is 25.3 Å². The summed E-state index contributed by atoms with van der Waals surface area (Å²) in [5.41, 5.74) is 7.02. The van der Waals surface area contributed by atoms with Gasteiger partial charge in [0, 0.05) is 24.1 Å². The fraction of sp³-hybridized carbons (Fsp3) is 0.368. The maximum Gasteiger partial charge on any atom is 0.229 e. The van der Waals surface area contributed by atoms with Crippen LogP contribution in [-0.2, 0) is 4.79 Å². The first-order valence-corrected chi connectivity index (χ1v) is 8.45. The van der Waals surface area contributed by atoms with E-state index >= 15 is 0 Å². The molecule has 4 rings (SSSR count). The molecule has 0 spiro atoms. The van der Waals surface area contributed by atoms with E-state index in [-0.39, 0.29) is 42.7 Å². The number of nitrogens with one attached hydrogen (secondary N) is 1. The molecule has 1 aromatic carbocycles. The quantitative estimate of drug-likeness (QED) is 0.818. The molecule has 3 N–H and O–H groups in total. The van der Waals surface area contributed by atoms with Crippen molar-refractivity contribution in [1.82, 2.24) is 4.98 Å². The van der Waals surface area contributed by atoms with E-state index < -0.39 is 0 Å². The molecule has 5 nitrogen and oxygen atoms in total. The minimum absolute atomic E-state index is 0. The third kappa shape index (κ3) is 4.11. The number of fused-ring (bicyclic) bond motifs is 2. The molecular formula is C19H23Cl2N3O2. The fourth-order valence-corrected chi connectivity index (χ4v) is 4.10. The number of carbonyl (C=O) groups is 1. The van der Waals surface area contributed by atoms with Crippen LogP contribution in [0.4, 0.5) is 5.69 Å². The smallest absolute Gasteiger partial charge is 0.229 e. The molecule has 0 radical (unpaired) electrons. The third-order valence-electron chi connectivity index (χ3n) is 5.29. The number of anilines is 1. The van der Waals surface area contributed by atoms with E-state index in [0.717, 1.165) is 30.0 Å². The number of rotatable bonds is 4. The first-order chi connectivity index (χ1) is 11.7. The van der Waals surface area contributed by atoms with E-state index in [1.807, 2.05) is 24.3 Å². The summed E-state index contributed by atoms with van der Waals surface area (Å²) in [4.78, 5) is 16.5. The molecule has 1 heterocycles. The molecular weight excluding hydrogens is 373 g/mol. The van der Waals surface area contributed by atoms with Gasteiger partial charge >= 0.3 is 0 Å². The summed E-state index contributed by atoms with van der Waals surface area (Å²) in [5, 5.41) is 3.01. The molecule has 1 aromatic heterocycles. The zero-order chi connectivity index (χ0) is 16.5. The average Bonchev–Trinajstić information content (AvgIpc) is 3.18. The molecule has 26 heavy (non-hydrogen) atoms. The molecule has 7 heteroatoms. The zero-order valence-electron chi connectivity index (χ0n) is 14.2. The fourth-order valence-electron chi connectivity index (χ4n) is 4.10. The van der Waals surface area contributed by atoms with Crippen molar-refractivity contribution in [2.24, 2.45) is 23.5 Å². The minimum atomic E-state index is -0.0449. The van der Waals surface area contributed by atoms with Crippen LogP contribution in [0.5, 0.6) is 11.5 Å². The molecule has 2 saturated carbocycles. The number of benzene rings is 1. The second-order valence-corrected chi connectivity index (χ2v) is 6.73. The summed E-state index contributed by atoms with van der Waals surface area (Å²) in [6, 6.07) is 11.0. The second kappa shape index (κ2) is 8.71. The van der Waals surface area contributed by atoms with E-state index in [4.69, 9.17) is 10.5 Å². The molecule has 2 fully saturated rings. The molecule has 140 valence electrons. The van der Waals surface area contributed by atoms with Crippen molar-refractivity contribution in [1.29, 1.82) is 0 Å². The maximum absolute atomic E-state index is 12.6. The first-order valence-electron chi connectivity index (χ1n) is 8.45. The summed E-state index contributed by atoms with van der Waals surface area (Å²) < 4.78 is 5.72. The van der Waals surface area contributed by atoms with Gasteiger partial charge in [-0.15, -0.1) is 24.8 Å². The van der Waals surface area contributed by atoms with Crippen LogP contribution in [0.25, 0.3) is 0 Å². The van der Waals surface area contributed by atoms with Gasteiger partial charge in [-0.25, -0.2) is 0 Å². The monoisotopic (exact) mass is 395 g/mol. The lowest BCUT2D eigenvalue weighted by Crippen LogP contribution is -2.42. The van der Waals surface area contributed by atoms with Crippen LogP contribution in [0.1, 0.15) is 19.3 Å². The number of halogens is 2. The Morgan fingerprint density at radius 2 is 1.62 bits per heavy atom. The molecule has 0 aliphatic heterocycles. The van der Waals surface area contributed by atoms with E-state index in [0.29, 0.717) is 11.8 Å². The maximum atomic E-state index is 12.6. The standard InChI is InChI=1S/C19H21N3O2.2ClH/c20-18-13-2-1-12(11-13)17(18)19(23)22-14-3-5-15(6-4-14)24-16-7-9-21-10-8-16;;/h3-10,12-13,17-18H,1-2,11,20H2,(H,22,23);2*1H. The predicted octanol–water partition coefficient (Wildman–Crippen LogP) is 4.03. The Labute approximate surface area is 165 Å². The molecule has 2 bridgehead atoms. The van der Waals surface area contributed by atoms with Crippen LogP contribution >= 0.6 is 24.8 Å². The zero-order valence-corrected chi connectivity index (χ0v) is 15.8. The van der Waals surface area contributed by atoms with Crippen molar-refractivity contribution in [3.63, 3.8) is 0 Å². The number of nitrogens with zero attached hydrogens (tertiary/aromatic N) is 1. The van der Waals surface area contributed by atoms with Crippen molar-refractivity contribution < 1.29 is 9.53 Å². The Morgan fingerprint density at radius 3 is 2.23 bits per heavy atom. The highest BCUT2D eigenvalue weighted by Gasteiger charge is 2.49. The second-order valence-electron chi connectivity index (χ2n) is 6.73. The molecule has 2 aromatic rings. The van der Waals surface area contributed by atoms with Gasteiger partial charge < -0.3 is 15.8 Å². The highest BCUT2D eigenvalue weighted by molar-refractivity contribution is 5.93. The SMILES string of the molecule is Cl.Cl.NC1C2CCC(C2)C1C(=O)Nc1ccc(Oc2ccncc2)cc1. The first kappa shape index (κ1) is 20.5. The molecule has 2 aliphatic carbocycles. The Kier molecular flexibility index (Phi) is 6.87. The lowest BCUT2D eigenvalue weighted by atomic mass is 9.84. The van der Waals surface area contributed by atoms with Crippen LogP contribution in [0, 0.1) is 17.8 Å². The van der Waals surface area contributed by atoms with Gasteiger partial charge in [-0.2, -0.15) is 0 Å². The van der Waals surface area contributed by atoms with E-state index in [1.165, 1.54) is 6.42 Å². The summed E-state index contributed by atoms with van der Waals surface area (Å²) in [6.07, 6.45) is 6.79. The van der Waals surface area contributed by atoms with Gasteiger partial charge in [0.05, 0.1) is 5.92 Å². The van der Waals surface area contributed by atoms with E-state index in [2.05, 4.69) is 10.3 Å². The topological polar surface area (TPSA) is 77.2 Å². The molecule has 4 unspecified atom stereocenters. The number of hydrogen-bond acceptors (Lipinski definition) is 4. The number of amides is 1. The largest absolute Gasteiger partial charge is 0.457 e. The highest BCUT2D eigenvalue weighted by Crippen LogP contribution is 2.47. The van der Waals surface area contributed by atoms with Crippen LogP contribution < -0.4 is 15.8 Å². The van der Waals surface area contributed by atoms with Crippen molar-refractivity contribution in [3.05, 3.63) is 48.8 Å². The Bertz CT molecular complexity index is 725. The van der Waals surface area contributed by atoms with Gasteiger partial charge in [-0.1, -0.05) is 0 Å². The van der Waals surface area contributed by atoms with Gasteiger partial charge in [0.2, 0.25) is 5.91 Å². The Balaban J connectivity index is 0.00000121. The van der Waals surface area contributed by atoms with Crippen LogP contribution in [0.2, 0.25) is 0 Å². The number of carbonyl (C=O) groups excluding carboxylic acids is 1. The molecule has 2 aliphatic rings. The lowest BCUT2D eigenvalue weighted by Gasteiger charge is -2.27. The van der Waals surface area contributed by atoms with E-state index in [1.54, 1.807) is 24.5 Å². The average molecular weight is 396 g/mol. The molecule has 1 amide bonds.